The fourth-order valence-electron chi connectivity index (χ4n) is 8.45. The smallest absolute Gasteiger partial charge is 0.0561 e. The Morgan fingerprint density at radius 3 is 1.47 bits per heavy atom. The molecule has 11 rings (SSSR count). The van der Waals surface area contributed by atoms with Crippen molar-refractivity contribution < 1.29 is 0 Å². The lowest BCUT2D eigenvalue weighted by Crippen LogP contribution is -2.10. The summed E-state index contributed by atoms with van der Waals surface area (Å²) in [6, 6.07) is 79.5. The Morgan fingerprint density at radius 2 is 0.789 bits per heavy atom. The fraction of sp³-hybridized carbons (Fsp3) is 0. The number of hydrogen-bond donors (Lipinski definition) is 0. The Morgan fingerprint density at radius 1 is 0.298 bits per heavy atom. The molecule has 2 aromatic heterocycles. The van der Waals surface area contributed by atoms with Gasteiger partial charge in [-0.3, -0.25) is 0 Å². The molecule has 0 bridgehead atoms. The third-order valence-electron chi connectivity index (χ3n) is 11.2. The van der Waals surface area contributed by atoms with Crippen molar-refractivity contribution in [2.45, 2.75) is 0 Å². The molecule has 57 heavy (non-hydrogen) atoms. The number of rotatable bonds is 7. The fourth-order valence-corrected chi connectivity index (χ4v) is 9.53. The van der Waals surface area contributed by atoms with Gasteiger partial charge >= 0.3 is 0 Å². The first-order valence-corrected chi connectivity index (χ1v) is 20.2. The number of hydrogen-bond acceptors (Lipinski definition) is 2. The Kier molecular flexibility index (Phi) is 8.04. The highest BCUT2D eigenvalue weighted by Gasteiger charge is 2.19. The van der Waals surface area contributed by atoms with Crippen molar-refractivity contribution in [3.63, 3.8) is 0 Å². The number of para-hydroxylation sites is 2. The van der Waals surface area contributed by atoms with Crippen molar-refractivity contribution in [1.82, 2.24) is 4.57 Å². The van der Waals surface area contributed by atoms with Gasteiger partial charge in [0.1, 0.15) is 0 Å². The Bertz CT molecular complexity index is 3160. The minimum absolute atomic E-state index is 1.10. The molecule has 9 aromatic carbocycles. The molecule has 0 aliphatic carbocycles. The first-order valence-electron chi connectivity index (χ1n) is 19.4. The highest BCUT2D eigenvalue weighted by Crippen LogP contribution is 2.43. The summed E-state index contributed by atoms with van der Waals surface area (Å²) in [5.41, 5.74) is 14.0. The van der Waals surface area contributed by atoms with Gasteiger partial charge < -0.3 is 9.47 Å². The van der Waals surface area contributed by atoms with Crippen molar-refractivity contribution in [3.8, 4) is 39.1 Å². The molecule has 11 aromatic rings. The molecule has 0 saturated heterocycles. The summed E-state index contributed by atoms with van der Waals surface area (Å²) in [5.74, 6) is 0. The molecule has 0 fully saturated rings. The van der Waals surface area contributed by atoms with Gasteiger partial charge in [0.05, 0.1) is 11.0 Å². The third kappa shape index (κ3) is 5.88. The van der Waals surface area contributed by atoms with Gasteiger partial charge in [-0.2, -0.15) is 0 Å². The lowest BCUT2D eigenvalue weighted by atomic mass is 9.93. The Labute approximate surface area is 335 Å². The van der Waals surface area contributed by atoms with Gasteiger partial charge in [0.25, 0.3) is 0 Å². The zero-order valence-electron chi connectivity index (χ0n) is 31.1. The normalized spacial score (nSPS) is 11.5. The van der Waals surface area contributed by atoms with E-state index in [4.69, 9.17) is 0 Å². The van der Waals surface area contributed by atoms with E-state index in [-0.39, 0.29) is 0 Å². The third-order valence-corrected chi connectivity index (χ3v) is 12.3. The number of thiophene rings is 1. The van der Waals surface area contributed by atoms with Crippen LogP contribution in [0.25, 0.3) is 81.0 Å². The molecule has 2 nitrogen and oxygen atoms in total. The van der Waals surface area contributed by atoms with Gasteiger partial charge in [0.2, 0.25) is 0 Å². The quantitative estimate of drug-likeness (QED) is 0.158. The first kappa shape index (κ1) is 33.2. The maximum atomic E-state index is 2.41. The van der Waals surface area contributed by atoms with E-state index in [1.807, 2.05) is 11.3 Å². The average Bonchev–Trinajstić information content (AvgIpc) is 3.83. The summed E-state index contributed by atoms with van der Waals surface area (Å²) in [6.07, 6.45) is 0. The molecule has 0 aliphatic heterocycles. The average molecular weight is 745 g/mol. The van der Waals surface area contributed by atoms with Crippen molar-refractivity contribution in [2.24, 2.45) is 0 Å². The van der Waals surface area contributed by atoms with E-state index in [1.54, 1.807) is 0 Å². The van der Waals surface area contributed by atoms with E-state index < -0.39 is 0 Å². The lowest BCUT2D eigenvalue weighted by molar-refractivity contribution is 1.18. The molecule has 0 aliphatic rings. The summed E-state index contributed by atoms with van der Waals surface area (Å²) < 4.78 is 5.00. The second kappa shape index (κ2) is 13.8. The maximum Gasteiger partial charge on any atom is 0.0561 e. The van der Waals surface area contributed by atoms with Crippen LogP contribution in [0.1, 0.15) is 0 Å². The summed E-state index contributed by atoms with van der Waals surface area (Å²) in [4.78, 5) is 2.41. The second-order valence-corrected chi connectivity index (χ2v) is 15.7. The van der Waals surface area contributed by atoms with Crippen molar-refractivity contribution in [1.29, 1.82) is 0 Å². The van der Waals surface area contributed by atoms with E-state index in [0.717, 1.165) is 22.7 Å². The summed E-state index contributed by atoms with van der Waals surface area (Å²) in [7, 11) is 0. The van der Waals surface area contributed by atoms with Crippen LogP contribution in [0.5, 0.6) is 0 Å². The van der Waals surface area contributed by atoms with Gasteiger partial charge in [0, 0.05) is 53.7 Å². The molecule has 0 unspecified atom stereocenters. The number of anilines is 3. The van der Waals surface area contributed by atoms with E-state index in [9.17, 15) is 0 Å². The summed E-state index contributed by atoms with van der Waals surface area (Å²) in [5, 5.41) is 5.06. The number of fused-ring (bicyclic) bond motifs is 6. The highest BCUT2D eigenvalue weighted by atomic mass is 32.1. The minimum Gasteiger partial charge on any atom is -0.310 e. The SMILES string of the molecule is c1ccc(-c2cc(-c3ccccc3)cc(-c3ccc(N(c4ccc5sc6ccccc6c5c4)c4ccc5c6ccccc6n(-c6ccccc6)c5c4)cc3)c2)cc1. The molecule has 0 N–H and O–H groups in total. The van der Waals surface area contributed by atoms with Crippen LogP contribution in [0.2, 0.25) is 0 Å². The molecule has 268 valence electrons. The predicted octanol–water partition coefficient (Wildman–Crippen LogP) is 15.6. The molecular formula is C54H36N2S. The number of benzene rings is 9. The monoisotopic (exact) mass is 744 g/mol. The van der Waals surface area contributed by atoms with E-state index in [2.05, 4.69) is 228 Å². The van der Waals surface area contributed by atoms with Crippen molar-refractivity contribution in [2.75, 3.05) is 4.90 Å². The van der Waals surface area contributed by atoms with Crippen molar-refractivity contribution in [3.05, 3.63) is 218 Å². The van der Waals surface area contributed by atoms with Crippen molar-refractivity contribution >= 4 is 70.4 Å². The highest BCUT2D eigenvalue weighted by molar-refractivity contribution is 7.25. The number of aromatic nitrogens is 1. The Hall–Kier alpha value is -7.20. The minimum atomic E-state index is 1.10. The molecule has 0 spiro atoms. The van der Waals surface area contributed by atoms with Crippen LogP contribution in [0.4, 0.5) is 17.1 Å². The largest absolute Gasteiger partial charge is 0.310 e. The predicted molar refractivity (Wildman–Crippen MR) is 245 cm³/mol. The molecular weight excluding hydrogens is 709 g/mol. The van der Waals surface area contributed by atoms with Crippen LogP contribution in [0.3, 0.4) is 0 Å². The maximum absolute atomic E-state index is 2.41. The van der Waals surface area contributed by atoms with E-state index in [1.165, 1.54) is 75.4 Å². The van der Waals surface area contributed by atoms with Crippen LogP contribution < -0.4 is 4.90 Å². The van der Waals surface area contributed by atoms with E-state index >= 15 is 0 Å². The number of nitrogens with zero attached hydrogens (tertiary/aromatic N) is 2. The zero-order chi connectivity index (χ0) is 37.7. The standard InChI is InChI=1S/C54H36N2S/c1-4-14-37(15-5-1)40-32-41(38-16-6-2-7-17-38)34-42(33-40)39-24-26-44(27-25-39)55(45-29-31-54-50(35-45)49-21-11-13-23-53(49)57-54)46-28-30-48-47-20-10-12-22-51(47)56(52(48)36-46)43-18-8-3-9-19-43/h1-36H. The van der Waals surface area contributed by atoms with Crippen LogP contribution in [-0.4, -0.2) is 4.57 Å². The molecule has 0 saturated carbocycles. The van der Waals surface area contributed by atoms with Crippen LogP contribution in [0, 0.1) is 0 Å². The molecule has 0 radical (unpaired) electrons. The van der Waals surface area contributed by atoms with Gasteiger partial charge in [0.15, 0.2) is 0 Å². The zero-order valence-corrected chi connectivity index (χ0v) is 31.9. The van der Waals surface area contributed by atoms with E-state index in [0.29, 0.717) is 0 Å². The van der Waals surface area contributed by atoms with Crippen LogP contribution in [0.15, 0.2) is 218 Å². The topological polar surface area (TPSA) is 8.17 Å². The van der Waals surface area contributed by atoms with Gasteiger partial charge in [-0.25, -0.2) is 0 Å². The second-order valence-electron chi connectivity index (χ2n) is 14.6. The Balaban J connectivity index is 1.09. The molecule has 2 heterocycles. The summed E-state index contributed by atoms with van der Waals surface area (Å²) in [6.45, 7) is 0. The molecule has 0 amide bonds. The summed E-state index contributed by atoms with van der Waals surface area (Å²) >= 11 is 1.85. The first-order chi connectivity index (χ1) is 28.2. The van der Waals surface area contributed by atoms with Gasteiger partial charge in [-0.1, -0.05) is 133 Å². The molecule has 0 atom stereocenters. The van der Waals surface area contributed by atoms with Crippen LogP contribution in [-0.2, 0) is 0 Å². The van der Waals surface area contributed by atoms with Crippen LogP contribution >= 0.6 is 11.3 Å². The van der Waals surface area contributed by atoms with Gasteiger partial charge in [-0.05, 0) is 118 Å². The van der Waals surface area contributed by atoms with Gasteiger partial charge in [-0.15, -0.1) is 11.3 Å². The lowest BCUT2D eigenvalue weighted by Gasteiger charge is -2.26. The molecule has 3 heteroatoms.